The number of ether oxygens (including phenoxy) is 1. The summed E-state index contributed by atoms with van der Waals surface area (Å²) < 4.78 is 5.63. The van der Waals surface area contributed by atoms with Crippen molar-refractivity contribution < 1.29 is 28.7 Å². The summed E-state index contributed by atoms with van der Waals surface area (Å²) in [6.45, 7) is 9.96. The molecule has 40 heavy (non-hydrogen) atoms. The van der Waals surface area contributed by atoms with Crippen LogP contribution in [0.3, 0.4) is 0 Å². The van der Waals surface area contributed by atoms with E-state index >= 15 is 0 Å². The van der Waals surface area contributed by atoms with Gasteiger partial charge in [-0.3, -0.25) is 24.0 Å². The number of hydrogen-bond donors (Lipinski definition) is 2. The molecule has 4 atom stereocenters. The van der Waals surface area contributed by atoms with Gasteiger partial charge in [0.2, 0.25) is 11.7 Å². The second-order valence-corrected chi connectivity index (χ2v) is 11.1. The molecule has 3 aliphatic rings. The van der Waals surface area contributed by atoms with Crippen LogP contribution in [0.5, 0.6) is 0 Å². The van der Waals surface area contributed by atoms with Gasteiger partial charge in [0, 0.05) is 29.9 Å². The van der Waals surface area contributed by atoms with E-state index in [9.17, 15) is 24.0 Å². The Labute approximate surface area is 236 Å². The lowest BCUT2D eigenvalue weighted by atomic mass is 9.78. The Kier molecular flexibility index (Phi) is 10.5. The number of ketones is 3. The van der Waals surface area contributed by atoms with E-state index in [4.69, 9.17) is 4.74 Å². The number of fused-ring (bicyclic) bond motifs is 1. The van der Waals surface area contributed by atoms with E-state index in [0.717, 1.165) is 24.8 Å². The number of rotatable bonds is 12. The van der Waals surface area contributed by atoms with Crippen LogP contribution in [-0.2, 0) is 28.7 Å². The van der Waals surface area contributed by atoms with Gasteiger partial charge < -0.3 is 15.4 Å². The number of allylic oxidation sites excluding steroid dienone is 7. The van der Waals surface area contributed by atoms with Crippen LogP contribution in [0.2, 0.25) is 0 Å². The maximum Gasteiger partial charge on any atom is 0.251 e. The highest BCUT2D eigenvalue weighted by molar-refractivity contribution is 6.14. The molecule has 2 fully saturated rings. The van der Waals surface area contributed by atoms with E-state index in [1.807, 2.05) is 26.0 Å². The molecule has 1 saturated carbocycles. The zero-order valence-electron chi connectivity index (χ0n) is 24.0. The van der Waals surface area contributed by atoms with E-state index in [1.54, 1.807) is 31.2 Å². The first-order valence-electron chi connectivity index (χ1n) is 13.9. The Hall–Kier alpha value is -3.65. The van der Waals surface area contributed by atoms with Crippen LogP contribution in [0.15, 0.2) is 71.5 Å². The van der Waals surface area contributed by atoms with Gasteiger partial charge in [0.1, 0.15) is 18.2 Å². The molecule has 0 radical (unpaired) electrons. The molecule has 0 aromatic heterocycles. The molecule has 0 aromatic rings. The van der Waals surface area contributed by atoms with Gasteiger partial charge in [0.25, 0.3) is 5.91 Å². The molecule has 3 rings (SSSR count). The van der Waals surface area contributed by atoms with Crippen LogP contribution < -0.4 is 10.6 Å². The van der Waals surface area contributed by atoms with Crippen LogP contribution >= 0.6 is 0 Å². The smallest absolute Gasteiger partial charge is 0.251 e. The van der Waals surface area contributed by atoms with E-state index < -0.39 is 23.5 Å². The van der Waals surface area contributed by atoms with Gasteiger partial charge >= 0.3 is 0 Å². The van der Waals surface area contributed by atoms with Gasteiger partial charge in [-0.1, -0.05) is 74.8 Å². The molecule has 2 amide bonds. The van der Waals surface area contributed by atoms with Crippen molar-refractivity contribution in [3.63, 3.8) is 0 Å². The van der Waals surface area contributed by atoms with E-state index in [-0.39, 0.29) is 47.9 Å². The summed E-state index contributed by atoms with van der Waals surface area (Å²) >= 11 is 0. The van der Waals surface area contributed by atoms with E-state index in [1.165, 1.54) is 12.2 Å². The molecular formula is C32H40N2O6. The van der Waals surface area contributed by atoms with Crippen molar-refractivity contribution in [3.8, 4) is 0 Å². The fraction of sp³-hybridized carbons (Fsp3) is 0.469. The highest BCUT2D eigenvalue weighted by Gasteiger charge is 2.58. The second kappa shape index (κ2) is 13.6. The summed E-state index contributed by atoms with van der Waals surface area (Å²) in [7, 11) is 0. The molecule has 2 aliphatic carbocycles. The Morgan fingerprint density at radius 1 is 1.10 bits per heavy atom. The first-order valence-corrected chi connectivity index (χ1v) is 13.9. The minimum Gasteiger partial charge on any atom is -0.360 e. The summed E-state index contributed by atoms with van der Waals surface area (Å²) in [5.74, 6) is -1.18. The average Bonchev–Trinajstić information content (AvgIpc) is 3.66. The zero-order chi connectivity index (χ0) is 29.4. The van der Waals surface area contributed by atoms with Gasteiger partial charge in [0.15, 0.2) is 11.6 Å². The van der Waals surface area contributed by atoms with E-state index in [0.29, 0.717) is 11.5 Å². The lowest BCUT2D eigenvalue weighted by molar-refractivity contribution is -0.129. The highest BCUT2D eigenvalue weighted by Crippen LogP contribution is 2.46. The number of carbonyl (C=O) groups is 5. The second-order valence-electron chi connectivity index (χ2n) is 11.1. The summed E-state index contributed by atoms with van der Waals surface area (Å²) in [4.78, 5) is 60.9. The maximum absolute atomic E-state index is 12.9. The van der Waals surface area contributed by atoms with Gasteiger partial charge in [-0.2, -0.15) is 0 Å². The fourth-order valence-electron chi connectivity index (χ4n) is 4.98. The number of carbonyl (C=O) groups excluding carboxylic acids is 5. The quantitative estimate of drug-likeness (QED) is 0.164. The number of unbranched alkanes of at least 4 members (excludes halogenated alkanes) is 1. The van der Waals surface area contributed by atoms with E-state index in [2.05, 4.69) is 30.6 Å². The SMILES string of the molecule is CCCC[C@@H](C)C=C(C)C=C(C)C(=O)NC1=C[C@@](C)(/C=C/C=CC=CC(=O)NC2C(=O)CCC2=O)[C@@H]2O[C@@H]2C1=O. The van der Waals surface area contributed by atoms with Crippen molar-refractivity contribution in [2.24, 2.45) is 11.3 Å². The van der Waals surface area contributed by atoms with Crippen molar-refractivity contribution in [2.75, 3.05) is 0 Å². The molecule has 0 bridgehead atoms. The van der Waals surface area contributed by atoms with Crippen LogP contribution in [0.1, 0.15) is 66.7 Å². The lowest BCUT2D eigenvalue weighted by Gasteiger charge is -2.25. The maximum atomic E-state index is 12.9. The Morgan fingerprint density at radius 2 is 1.77 bits per heavy atom. The van der Waals surface area contributed by atoms with Crippen LogP contribution in [-0.4, -0.2) is 47.4 Å². The predicted molar refractivity (Wildman–Crippen MR) is 153 cm³/mol. The molecule has 1 saturated heterocycles. The van der Waals surface area contributed by atoms with Gasteiger partial charge in [-0.15, -0.1) is 0 Å². The van der Waals surface area contributed by atoms with Crippen LogP contribution in [0.25, 0.3) is 0 Å². The van der Waals surface area contributed by atoms with Crippen molar-refractivity contribution in [2.45, 2.75) is 85.0 Å². The van der Waals surface area contributed by atoms with Crippen LogP contribution in [0.4, 0.5) is 0 Å². The largest absolute Gasteiger partial charge is 0.360 e. The molecule has 2 N–H and O–H groups in total. The normalized spacial score (nSPS) is 26.5. The molecule has 0 spiro atoms. The van der Waals surface area contributed by atoms with Gasteiger partial charge in [-0.05, 0) is 39.2 Å². The number of Topliss-reactive ketones (excluding diaryl/α,β-unsaturated/α-hetero) is 3. The molecular weight excluding hydrogens is 508 g/mol. The third-order valence-electron chi connectivity index (χ3n) is 7.28. The highest BCUT2D eigenvalue weighted by atomic mass is 16.6. The molecule has 1 aliphatic heterocycles. The predicted octanol–water partition coefficient (Wildman–Crippen LogP) is 4.15. The van der Waals surface area contributed by atoms with Gasteiger partial charge in [-0.25, -0.2) is 0 Å². The standard InChI is InChI=1S/C32H40N2O6/c1-6-7-12-20(2)17-21(3)18-22(4)31(39)33-23-19-32(5,30-29(40-30)28(23)38)16-11-9-8-10-13-26(37)34-27-24(35)14-15-25(27)36/h8-11,13,16-20,27,29-30H,6-7,12,14-15H2,1-5H3,(H,33,39)(H,34,37)/b9-8?,13-10?,16-11+,21-17?,22-18?/t20-,29-,30-,32-/m1/s1. The molecule has 1 heterocycles. The van der Waals surface area contributed by atoms with Crippen LogP contribution in [0, 0.1) is 11.3 Å². The van der Waals surface area contributed by atoms with Crippen molar-refractivity contribution in [1.29, 1.82) is 0 Å². The number of hydrogen-bond acceptors (Lipinski definition) is 6. The Balaban J connectivity index is 1.59. The summed E-state index contributed by atoms with van der Waals surface area (Å²) in [6.07, 6.45) is 18.3. The minimum absolute atomic E-state index is 0.166. The summed E-state index contributed by atoms with van der Waals surface area (Å²) in [5, 5.41) is 5.20. The number of epoxide rings is 1. The topological polar surface area (TPSA) is 122 Å². The lowest BCUT2D eigenvalue weighted by Crippen LogP contribution is -2.41. The molecule has 8 heteroatoms. The molecule has 0 aromatic carbocycles. The van der Waals surface area contributed by atoms with Crippen molar-refractivity contribution in [1.82, 2.24) is 10.6 Å². The third kappa shape index (κ3) is 8.18. The molecule has 0 unspecified atom stereocenters. The summed E-state index contributed by atoms with van der Waals surface area (Å²) in [6, 6.07) is -1.04. The summed E-state index contributed by atoms with van der Waals surface area (Å²) in [5.41, 5.74) is 1.13. The first kappa shape index (κ1) is 30.9. The van der Waals surface area contributed by atoms with Crippen molar-refractivity contribution >= 4 is 29.2 Å². The number of amides is 2. The molecule has 214 valence electrons. The fourth-order valence-corrected chi connectivity index (χ4v) is 4.98. The minimum atomic E-state index is -1.04. The monoisotopic (exact) mass is 548 g/mol. The van der Waals surface area contributed by atoms with Crippen molar-refractivity contribution in [3.05, 3.63) is 71.5 Å². The Morgan fingerprint density at radius 3 is 2.45 bits per heavy atom. The zero-order valence-corrected chi connectivity index (χ0v) is 24.0. The Bertz CT molecular complexity index is 1220. The molecule has 8 nitrogen and oxygen atoms in total. The third-order valence-corrected chi connectivity index (χ3v) is 7.28. The average molecular weight is 549 g/mol. The van der Waals surface area contributed by atoms with Gasteiger partial charge in [0.05, 0.1) is 5.70 Å². The first-order chi connectivity index (χ1) is 18.9. The number of nitrogens with one attached hydrogen (secondary N) is 2.